The van der Waals surface area contributed by atoms with Crippen molar-refractivity contribution in [2.75, 3.05) is 0 Å². The van der Waals surface area contributed by atoms with Gasteiger partial charge >= 0.3 is 5.69 Å². The zero-order valence-electron chi connectivity index (χ0n) is 12.2. The molecular weight excluding hydrogens is 282 g/mol. The quantitative estimate of drug-likeness (QED) is 0.593. The van der Waals surface area contributed by atoms with Gasteiger partial charge in [-0.05, 0) is 37.1 Å². The Kier molecular flexibility index (Phi) is 3.29. The van der Waals surface area contributed by atoms with Gasteiger partial charge in [0.2, 0.25) is 0 Å². The fraction of sp³-hybridized carbons (Fsp3) is 0.188. The lowest BCUT2D eigenvalue weighted by atomic mass is 10.0. The molecule has 1 aromatic heterocycles. The summed E-state index contributed by atoms with van der Waals surface area (Å²) in [7, 11) is 0. The van der Waals surface area contributed by atoms with Crippen molar-refractivity contribution >= 4 is 16.7 Å². The second-order valence-corrected chi connectivity index (χ2v) is 5.43. The second kappa shape index (κ2) is 5.14. The molecule has 22 heavy (non-hydrogen) atoms. The van der Waals surface area contributed by atoms with Crippen LogP contribution in [0.3, 0.4) is 0 Å². The molecule has 0 atom stereocenters. The van der Waals surface area contributed by atoms with E-state index in [1.54, 1.807) is 10.6 Å². The van der Waals surface area contributed by atoms with E-state index in [-0.39, 0.29) is 17.4 Å². The van der Waals surface area contributed by atoms with Gasteiger partial charge in [-0.1, -0.05) is 18.2 Å². The second-order valence-electron chi connectivity index (χ2n) is 5.43. The van der Waals surface area contributed by atoms with Gasteiger partial charge in [0.1, 0.15) is 0 Å². The molecule has 0 radical (unpaired) electrons. The van der Waals surface area contributed by atoms with E-state index >= 15 is 0 Å². The SMILES string of the molecule is CC(C)n1c(=O)[nH]c2ccc(-c3cccc([N+](=O)[O-])c3)cc21. The van der Waals surface area contributed by atoms with Crippen LogP contribution < -0.4 is 5.69 Å². The van der Waals surface area contributed by atoms with Crippen molar-refractivity contribution in [1.82, 2.24) is 9.55 Å². The lowest BCUT2D eigenvalue weighted by Crippen LogP contribution is -2.18. The fourth-order valence-electron chi connectivity index (χ4n) is 2.61. The number of hydrogen-bond acceptors (Lipinski definition) is 3. The predicted octanol–water partition coefficient (Wildman–Crippen LogP) is 3.49. The van der Waals surface area contributed by atoms with Crippen molar-refractivity contribution in [1.29, 1.82) is 0 Å². The lowest BCUT2D eigenvalue weighted by Gasteiger charge is -2.08. The van der Waals surface area contributed by atoms with E-state index in [0.29, 0.717) is 0 Å². The fourth-order valence-corrected chi connectivity index (χ4v) is 2.61. The van der Waals surface area contributed by atoms with Crippen LogP contribution in [0.15, 0.2) is 47.3 Å². The molecule has 0 spiro atoms. The maximum Gasteiger partial charge on any atom is 0.326 e. The van der Waals surface area contributed by atoms with Crippen molar-refractivity contribution in [3.8, 4) is 11.1 Å². The monoisotopic (exact) mass is 297 g/mol. The molecule has 2 aromatic carbocycles. The molecule has 0 bridgehead atoms. The molecule has 0 aliphatic heterocycles. The van der Waals surface area contributed by atoms with Gasteiger partial charge in [-0.2, -0.15) is 0 Å². The van der Waals surface area contributed by atoms with Crippen molar-refractivity contribution in [2.24, 2.45) is 0 Å². The number of fused-ring (bicyclic) bond motifs is 1. The van der Waals surface area contributed by atoms with Crippen LogP contribution in [0.4, 0.5) is 5.69 Å². The Morgan fingerprint density at radius 2 is 1.86 bits per heavy atom. The topological polar surface area (TPSA) is 80.9 Å². The first-order valence-corrected chi connectivity index (χ1v) is 6.96. The molecule has 0 aliphatic rings. The number of nitro groups is 1. The maximum absolute atomic E-state index is 12.0. The molecule has 1 N–H and O–H groups in total. The van der Waals surface area contributed by atoms with Gasteiger partial charge in [0.15, 0.2) is 0 Å². The Balaban J connectivity index is 2.20. The van der Waals surface area contributed by atoms with Crippen LogP contribution in [0.5, 0.6) is 0 Å². The molecule has 1 heterocycles. The van der Waals surface area contributed by atoms with E-state index in [9.17, 15) is 14.9 Å². The number of aromatic nitrogens is 2. The lowest BCUT2D eigenvalue weighted by molar-refractivity contribution is -0.384. The van der Waals surface area contributed by atoms with Gasteiger partial charge in [0, 0.05) is 18.2 Å². The van der Waals surface area contributed by atoms with Gasteiger partial charge in [-0.25, -0.2) is 4.79 Å². The number of nitro benzene ring substituents is 1. The van der Waals surface area contributed by atoms with Gasteiger partial charge < -0.3 is 4.98 Å². The van der Waals surface area contributed by atoms with Crippen LogP contribution in [0.1, 0.15) is 19.9 Å². The number of aromatic amines is 1. The number of non-ortho nitro benzene ring substituents is 1. The third kappa shape index (κ3) is 2.28. The smallest absolute Gasteiger partial charge is 0.306 e. The molecule has 3 rings (SSSR count). The number of nitrogens with one attached hydrogen (secondary N) is 1. The zero-order valence-corrected chi connectivity index (χ0v) is 12.2. The largest absolute Gasteiger partial charge is 0.326 e. The Morgan fingerprint density at radius 3 is 2.55 bits per heavy atom. The molecule has 0 amide bonds. The van der Waals surface area contributed by atoms with Crippen LogP contribution in [-0.4, -0.2) is 14.5 Å². The minimum atomic E-state index is -0.414. The summed E-state index contributed by atoms with van der Waals surface area (Å²) < 4.78 is 1.68. The summed E-state index contributed by atoms with van der Waals surface area (Å²) in [5, 5.41) is 10.9. The Hall–Kier alpha value is -2.89. The van der Waals surface area contributed by atoms with E-state index < -0.39 is 4.92 Å². The van der Waals surface area contributed by atoms with E-state index in [1.807, 2.05) is 38.1 Å². The normalized spacial score (nSPS) is 11.2. The first-order valence-electron chi connectivity index (χ1n) is 6.96. The highest BCUT2D eigenvalue weighted by Gasteiger charge is 2.12. The molecule has 6 nitrogen and oxygen atoms in total. The summed E-state index contributed by atoms with van der Waals surface area (Å²) in [6.45, 7) is 3.88. The highest BCUT2D eigenvalue weighted by Crippen LogP contribution is 2.27. The number of rotatable bonds is 3. The third-order valence-corrected chi connectivity index (χ3v) is 3.62. The number of hydrogen-bond donors (Lipinski definition) is 1. The van der Waals surface area contributed by atoms with Crippen molar-refractivity contribution < 1.29 is 4.92 Å². The summed E-state index contributed by atoms with van der Waals surface area (Å²) in [6, 6.07) is 12.1. The number of benzene rings is 2. The van der Waals surface area contributed by atoms with Gasteiger partial charge in [-0.15, -0.1) is 0 Å². The summed E-state index contributed by atoms with van der Waals surface area (Å²) in [5.41, 5.74) is 3.04. The summed E-state index contributed by atoms with van der Waals surface area (Å²) in [5.74, 6) is 0. The van der Waals surface area contributed by atoms with Crippen LogP contribution >= 0.6 is 0 Å². The molecule has 0 aliphatic carbocycles. The van der Waals surface area contributed by atoms with Crippen LogP contribution in [0.2, 0.25) is 0 Å². The van der Waals surface area contributed by atoms with Gasteiger partial charge in [0.25, 0.3) is 5.69 Å². The van der Waals surface area contributed by atoms with Gasteiger partial charge in [0.05, 0.1) is 16.0 Å². The Bertz CT molecular complexity index is 922. The molecule has 3 aromatic rings. The molecule has 0 fully saturated rings. The minimum Gasteiger partial charge on any atom is -0.306 e. The van der Waals surface area contributed by atoms with Crippen molar-refractivity contribution in [3.63, 3.8) is 0 Å². The molecule has 0 saturated heterocycles. The first kappa shape index (κ1) is 14.1. The van der Waals surface area contributed by atoms with E-state index in [2.05, 4.69) is 4.98 Å². The molecule has 112 valence electrons. The van der Waals surface area contributed by atoms with Crippen LogP contribution in [-0.2, 0) is 0 Å². The summed E-state index contributed by atoms with van der Waals surface area (Å²) >= 11 is 0. The average molecular weight is 297 g/mol. The van der Waals surface area contributed by atoms with Crippen LogP contribution in [0.25, 0.3) is 22.2 Å². The Labute approximate surface area is 126 Å². The van der Waals surface area contributed by atoms with E-state index in [0.717, 1.165) is 22.2 Å². The van der Waals surface area contributed by atoms with E-state index in [4.69, 9.17) is 0 Å². The number of nitrogens with zero attached hydrogens (tertiary/aromatic N) is 2. The molecule has 6 heteroatoms. The van der Waals surface area contributed by atoms with E-state index in [1.165, 1.54) is 12.1 Å². The maximum atomic E-state index is 12.0. The Morgan fingerprint density at radius 1 is 1.14 bits per heavy atom. The summed E-state index contributed by atoms with van der Waals surface area (Å²) in [4.78, 5) is 25.3. The van der Waals surface area contributed by atoms with Crippen molar-refractivity contribution in [3.05, 3.63) is 63.1 Å². The number of imidazole rings is 1. The average Bonchev–Trinajstić information content (AvgIpc) is 2.82. The first-order chi connectivity index (χ1) is 10.5. The highest BCUT2D eigenvalue weighted by atomic mass is 16.6. The highest BCUT2D eigenvalue weighted by molar-refractivity contribution is 5.82. The molecule has 0 saturated carbocycles. The molecule has 0 unspecified atom stereocenters. The molecular formula is C16H15N3O3. The standard InChI is InChI=1S/C16H15N3O3/c1-10(2)18-15-9-12(6-7-14(15)17-16(18)20)11-4-3-5-13(8-11)19(21)22/h3-10H,1-2H3,(H,17,20). The predicted molar refractivity (Wildman–Crippen MR) is 85.0 cm³/mol. The van der Waals surface area contributed by atoms with Crippen molar-refractivity contribution in [2.45, 2.75) is 19.9 Å². The van der Waals surface area contributed by atoms with Crippen LogP contribution in [0, 0.1) is 10.1 Å². The van der Waals surface area contributed by atoms with Gasteiger partial charge in [-0.3, -0.25) is 14.7 Å². The minimum absolute atomic E-state index is 0.0293. The number of H-pyrrole nitrogens is 1. The summed E-state index contributed by atoms with van der Waals surface area (Å²) in [6.07, 6.45) is 0. The third-order valence-electron chi connectivity index (χ3n) is 3.62. The zero-order chi connectivity index (χ0) is 15.9.